The molecule has 0 saturated carbocycles. The van der Waals surface area contributed by atoms with Crippen LogP contribution in [0.3, 0.4) is 0 Å². The van der Waals surface area contributed by atoms with Gasteiger partial charge in [-0.25, -0.2) is 9.18 Å². The lowest BCUT2D eigenvalue weighted by Gasteiger charge is -2.17. The minimum atomic E-state index is -0.722. The van der Waals surface area contributed by atoms with E-state index >= 15 is 0 Å². The molecule has 31 heavy (non-hydrogen) atoms. The molecule has 0 unspecified atom stereocenters. The number of esters is 1. The number of halogens is 1. The molecule has 0 saturated heterocycles. The third-order valence-electron chi connectivity index (χ3n) is 4.10. The normalized spacial score (nSPS) is 10.5. The molecule has 9 heteroatoms. The fourth-order valence-electron chi connectivity index (χ4n) is 2.48. The van der Waals surface area contributed by atoms with Gasteiger partial charge < -0.3 is 24.8 Å². The fourth-order valence-corrected chi connectivity index (χ4v) is 2.48. The number of primary amides is 1. The SMILES string of the molecule is COc1cc(/C=C/C(=O)OCC(=O)N(C)Cc2ccccc2F)ccc1OCC(N)=O. The van der Waals surface area contributed by atoms with E-state index in [1.807, 2.05) is 0 Å². The Bertz CT molecular complexity index is 976. The Morgan fingerprint density at radius 1 is 1.10 bits per heavy atom. The zero-order valence-electron chi connectivity index (χ0n) is 17.2. The molecule has 0 bridgehead atoms. The van der Waals surface area contributed by atoms with E-state index in [0.717, 1.165) is 6.08 Å². The highest BCUT2D eigenvalue weighted by Crippen LogP contribution is 2.28. The van der Waals surface area contributed by atoms with Crippen molar-refractivity contribution >= 4 is 23.9 Å². The number of hydrogen-bond acceptors (Lipinski definition) is 6. The average molecular weight is 430 g/mol. The number of ether oxygens (including phenoxy) is 3. The predicted octanol–water partition coefficient (Wildman–Crippen LogP) is 1.91. The number of rotatable bonds is 10. The Balaban J connectivity index is 1.88. The minimum Gasteiger partial charge on any atom is -0.493 e. The zero-order valence-corrected chi connectivity index (χ0v) is 17.2. The molecule has 2 amide bonds. The molecule has 0 radical (unpaired) electrons. The van der Waals surface area contributed by atoms with Crippen molar-refractivity contribution in [3.05, 3.63) is 65.5 Å². The van der Waals surface area contributed by atoms with Crippen LogP contribution in [0.25, 0.3) is 6.08 Å². The summed E-state index contributed by atoms with van der Waals surface area (Å²) in [7, 11) is 2.92. The molecule has 2 aromatic rings. The molecule has 0 heterocycles. The van der Waals surface area contributed by atoms with Crippen molar-refractivity contribution in [3.8, 4) is 11.5 Å². The summed E-state index contributed by atoms with van der Waals surface area (Å²) in [4.78, 5) is 36.1. The molecule has 0 aliphatic carbocycles. The summed E-state index contributed by atoms with van der Waals surface area (Å²) in [5.74, 6) is -1.55. The van der Waals surface area contributed by atoms with Gasteiger partial charge in [0.2, 0.25) is 0 Å². The summed E-state index contributed by atoms with van der Waals surface area (Å²) >= 11 is 0. The van der Waals surface area contributed by atoms with E-state index in [-0.39, 0.29) is 13.2 Å². The summed E-state index contributed by atoms with van der Waals surface area (Å²) in [6.45, 7) is -0.711. The highest BCUT2D eigenvalue weighted by molar-refractivity contribution is 5.89. The van der Waals surface area contributed by atoms with Crippen LogP contribution in [-0.4, -0.2) is 50.1 Å². The highest BCUT2D eigenvalue weighted by Gasteiger charge is 2.13. The lowest BCUT2D eigenvalue weighted by Crippen LogP contribution is -2.30. The molecule has 0 aliphatic rings. The number of hydrogen-bond donors (Lipinski definition) is 1. The van der Waals surface area contributed by atoms with Gasteiger partial charge in [-0.1, -0.05) is 24.3 Å². The second kappa shape index (κ2) is 11.3. The third-order valence-corrected chi connectivity index (χ3v) is 4.10. The van der Waals surface area contributed by atoms with Crippen molar-refractivity contribution in [1.29, 1.82) is 0 Å². The summed E-state index contributed by atoms with van der Waals surface area (Å²) in [6.07, 6.45) is 2.62. The van der Waals surface area contributed by atoms with Crippen LogP contribution in [-0.2, 0) is 25.7 Å². The number of carbonyl (C=O) groups excluding carboxylic acids is 3. The van der Waals surface area contributed by atoms with Crippen LogP contribution in [0, 0.1) is 5.82 Å². The van der Waals surface area contributed by atoms with Gasteiger partial charge in [-0.05, 0) is 29.8 Å². The molecule has 2 N–H and O–H groups in total. The number of likely N-dealkylation sites (N-methyl/N-ethyl adjacent to an activating group) is 1. The van der Waals surface area contributed by atoms with Gasteiger partial charge in [0, 0.05) is 25.2 Å². The summed E-state index contributed by atoms with van der Waals surface area (Å²) in [6, 6.07) is 10.9. The zero-order chi connectivity index (χ0) is 22.8. The Morgan fingerprint density at radius 3 is 2.52 bits per heavy atom. The average Bonchev–Trinajstić information content (AvgIpc) is 2.76. The fraction of sp³-hybridized carbons (Fsp3) is 0.227. The number of amides is 2. The van der Waals surface area contributed by atoms with E-state index < -0.39 is 30.2 Å². The number of benzene rings is 2. The molecule has 0 spiro atoms. The number of nitrogens with zero attached hydrogens (tertiary/aromatic N) is 1. The van der Waals surface area contributed by atoms with Crippen LogP contribution in [0.15, 0.2) is 48.5 Å². The molecular formula is C22H23FN2O6. The van der Waals surface area contributed by atoms with Crippen LogP contribution >= 0.6 is 0 Å². The Kier molecular flexibility index (Phi) is 8.56. The van der Waals surface area contributed by atoms with Crippen LogP contribution in [0.4, 0.5) is 4.39 Å². The Morgan fingerprint density at radius 2 is 1.84 bits per heavy atom. The largest absolute Gasteiger partial charge is 0.493 e. The smallest absolute Gasteiger partial charge is 0.331 e. The maximum atomic E-state index is 13.7. The van der Waals surface area contributed by atoms with Gasteiger partial charge in [-0.15, -0.1) is 0 Å². The first-order valence-electron chi connectivity index (χ1n) is 9.21. The molecule has 2 rings (SSSR count). The van der Waals surface area contributed by atoms with Gasteiger partial charge in [-0.2, -0.15) is 0 Å². The second-order valence-electron chi connectivity index (χ2n) is 6.45. The van der Waals surface area contributed by atoms with Crippen LogP contribution < -0.4 is 15.2 Å². The maximum absolute atomic E-state index is 13.7. The lowest BCUT2D eigenvalue weighted by atomic mass is 10.2. The van der Waals surface area contributed by atoms with Crippen LogP contribution in [0.5, 0.6) is 11.5 Å². The van der Waals surface area contributed by atoms with Gasteiger partial charge in [0.15, 0.2) is 24.7 Å². The molecule has 0 fully saturated rings. The van der Waals surface area contributed by atoms with E-state index in [4.69, 9.17) is 19.9 Å². The standard InChI is InChI=1S/C22H23FN2O6/c1-25(12-16-5-3-4-6-17(16)23)21(27)14-31-22(28)10-8-15-7-9-18(19(11-15)29-2)30-13-20(24)26/h3-11H,12-14H2,1-2H3,(H2,24,26)/b10-8+. The second-order valence-corrected chi connectivity index (χ2v) is 6.45. The molecule has 0 aromatic heterocycles. The molecule has 164 valence electrons. The number of nitrogens with two attached hydrogens (primary N) is 1. The molecular weight excluding hydrogens is 407 g/mol. The van der Waals surface area contributed by atoms with Crippen molar-refractivity contribution in [1.82, 2.24) is 4.90 Å². The molecule has 8 nitrogen and oxygen atoms in total. The van der Waals surface area contributed by atoms with Crippen molar-refractivity contribution in [2.24, 2.45) is 5.73 Å². The lowest BCUT2D eigenvalue weighted by molar-refractivity contribution is -0.147. The monoisotopic (exact) mass is 430 g/mol. The topological polar surface area (TPSA) is 108 Å². The first-order valence-corrected chi connectivity index (χ1v) is 9.21. The van der Waals surface area contributed by atoms with E-state index in [9.17, 15) is 18.8 Å². The van der Waals surface area contributed by atoms with Crippen molar-refractivity contribution < 1.29 is 33.0 Å². The summed E-state index contributed by atoms with van der Waals surface area (Å²) in [5.41, 5.74) is 6.01. The molecule has 0 aliphatic heterocycles. The maximum Gasteiger partial charge on any atom is 0.331 e. The molecule has 0 atom stereocenters. The highest BCUT2D eigenvalue weighted by atomic mass is 19.1. The van der Waals surface area contributed by atoms with E-state index in [1.54, 1.807) is 36.4 Å². The number of carbonyl (C=O) groups is 3. The van der Waals surface area contributed by atoms with Crippen LogP contribution in [0.2, 0.25) is 0 Å². The van der Waals surface area contributed by atoms with Gasteiger partial charge in [0.25, 0.3) is 11.8 Å². The van der Waals surface area contributed by atoms with Gasteiger partial charge in [0.05, 0.1) is 7.11 Å². The first-order chi connectivity index (χ1) is 14.8. The van der Waals surface area contributed by atoms with Gasteiger partial charge in [0.1, 0.15) is 5.82 Å². The van der Waals surface area contributed by atoms with Crippen molar-refractivity contribution in [2.75, 3.05) is 27.4 Å². The third kappa shape index (κ3) is 7.46. The van der Waals surface area contributed by atoms with E-state index in [0.29, 0.717) is 22.6 Å². The van der Waals surface area contributed by atoms with Gasteiger partial charge in [-0.3, -0.25) is 9.59 Å². The summed E-state index contributed by atoms with van der Waals surface area (Å²) in [5, 5.41) is 0. The predicted molar refractivity (Wildman–Crippen MR) is 111 cm³/mol. The summed E-state index contributed by atoms with van der Waals surface area (Å²) < 4.78 is 29.0. The Labute approximate surface area is 179 Å². The van der Waals surface area contributed by atoms with Crippen molar-refractivity contribution in [2.45, 2.75) is 6.54 Å². The van der Waals surface area contributed by atoms with Gasteiger partial charge >= 0.3 is 5.97 Å². The molecule has 2 aromatic carbocycles. The number of methoxy groups -OCH3 is 1. The van der Waals surface area contributed by atoms with E-state index in [2.05, 4.69) is 0 Å². The first kappa shape index (κ1) is 23.4. The van der Waals surface area contributed by atoms with E-state index in [1.165, 1.54) is 31.2 Å². The quantitative estimate of drug-likeness (QED) is 0.456. The Hall–Kier alpha value is -3.88. The van der Waals surface area contributed by atoms with Crippen molar-refractivity contribution in [3.63, 3.8) is 0 Å². The van der Waals surface area contributed by atoms with Crippen LogP contribution in [0.1, 0.15) is 11.1 Å². The minimum absolute atomic E-state index is 0.0584.